The predicted molar refractivity (Wildman–Crippen MR) is 111 cm³/mol. The maximum Gasteiger partial charge on any atom is 0.293 e. The van der Waals surface area contributed by atoms with E-state index in [1.807, 2.05) is 24.3 Å². The van der Waals surface area contributed by atoms with Gasteiger partial charge in [0.05, 0.1) is 20.3 Å². The molecule has 0 aliphatic rings. The Kier molecular flexibility index (Phi) is 4.51. The van der Waals surface area contributed by atoms with Crippen LogP contribution in [0.2, 0.25) is 0 Å². The molecule has 5 rings (SSSR count). The zero-order valence-corrected chi connectivity index (χ0v) is 16.5. The number of methoxy groups -OCH3 is 1. The summed E-state index contributed by atoms with van der Waals surface area (Å²) in [5.74, 6) is 2.06. The molecule has 0 fully saturated rings. The zero-order chi connectivity index (χ0) is 21.6. The quantitative estimate of drug-likeness (QED) is 0.377. The summed E-state index contributed by atoms with van der Waals surface area (Å²) in [5, 5.41) is 24.7. The summed E-state index contributed by atoms with van der Waals surface area (Å²) in [4.78, 5) is 4.45. The van der Waals surface area contributed by atoms with Gasteiger partial charge in [0.15, 0.2) is 5.76 Å². The number of benzene rings is 2. The highest BCUT2D eigenvalue weighted by Crippen LogP contribution is 2.32. The Labute approximate surface area is 175 Å². The normalized spacial score (nSPS) is 12.1. The van der Waals surface area contributed by atoms with E-state index in [0.717, 1.165) is 10.8 Å². The van der Waals surface area contributed by atoms with E-state index in [2.05, 4.69) is 10.1 Å². The summed E-state index contributed by atoms with van der Waals surface area (Å²) < 4.78 is 22.1. The van der Waals surface area contributed by atoms with Crippen molar-refractivity contribution in [2.24, 2.45) is 5.73 Å². The Hall–Kier alpha value is -3.66. The molecule has 158 valence electrons. The molecule has 0 unspecified atom stereocenters. The SMILES string of the molecule is COc1ccc2cc(-c3nc(-c4ccc5oc(C(N)(CO)CO)cc5c4)no3)oc2c1. The van der Waals surface area contributed by atoms with Gasteiger partial charge in [0.25, 0.3) is 5.89 Å². The van der Waals surface area contributed by atoms with Gasteiger partial charge in [-0.3, -0.25) is 0 Å². The predicted octanol–water partition coefficient (Wildman–Crippen LogP) is 3.04. The van der Waals surface area contributed by atoms with Gasteiger partial charge in [-0.15, -0.1) is 0 Å². The van der Waals surface area contributed by atoms with Crippen molar-refractivity contribution >= 4 is 21.9 Å². The molecular weight excluding hydrogens is 402 g/mol. The molecule has 9 heteroatoms. The lowest BCUT2D eigenvalue weighted by molar-refractivity contribution is 0.105. The summed E-state index contributed by atoms with van der Waals surface area (Å²) >= 11 is 0. The first kappa shape index (κ1) is 19.3. The smallest absolute Gasteiger partial charge is 0.293 e. The highest BCUT2D eigenvalue weighted by atomic mass is 16.5. The molecule has 0 aliphatic heterocycles. The number of hydrogen-bond acceptors (Lipinski definition) is 9. The second-order valence-corrected chi connectivity index (χ2v) is 7.27. The van der Waals surface area contributed by atoms with Crippen LogP contribution in [0.5, 0.6) is 5.75 Å². The fourth-order valence-corrected chi connectivity index (χ4v) is 3.32. The molecular formula is C22H19N3O6. The molecule has 0 atom stereocenters. The Balaban J connectivity index is 1.49. The monoisotopic (exact) mass is 421 g/mol. The number of ether oxygens (including phenoxy) is 1. The number of hydrogen-bond donors (Lipinski definition) is 3. The molecule has 0 spiro atoms. The van der Waals surface area contributed by atoms with Crippen LogP contribution in [-0.2, 0) is 5.54 Å². The molecule has 0 amide bonds. The number of nitrogens with two attached hydrogens (primary N) is 1. The van der Waals surface area contributed by atoms with Crippen LogP contribution in [0, 0.1) is 0 Å². The van der Waals surface area contributed by atoms with E-state index in [0.29, 0.717) is 34.1 Å². The maximum atomic E-state index is 9.50. The summed E-state index contributed by atoms with van der Waals surface area (Å²) in [6.45, 7) is -0.901. The van der Waals surface area contributed by atoms with Crippen LogP contribution in [0.3, 0.4) is 0 Å². The van der Waals surface area contributed by atoms with Crippen molar-refractivity contribution < 1.29 is 28.3 Å². The highest BCUT2D eigenvalue weighted by Gasteiger charge is 2.30. The third-order valence-electron chi connectivity index (χ3n) is 5.19. The van der Waals surface area contributed by atoms with Gasteiger partial charge in [-0.25, -0.2) is 0 Å². The number of aliphatic hydroxyl groups excluding tert-OH is 2. The molecule has 0 saturated carbocycles. The molecule has 0 saturated heterocycles. The highest BCUT2D eigenvalue weighted by molar-refractivity contribution is 5.84. The number of furan rings is 2. The van der Waals surface area contributed by atoms with E-state index >= 15 is 0 Å². The van der Waals surface area contributed by atoms with Crippen LogP contribution in [0.4, 0.5) is 0 Å². The summed E-state index contributed by atoms with van der Waals surface area (Å²) in [6.07, 6.45) is 0. The molecule has 0 aliphatic carbocycles. The maximum absolute atomic E-state index is 9.50. The van der Waals surface area contributed by atoms with Crippen LogP contribution >= 0.6 is 0 Å². The summed E-state index contributed by atoms with van der Waals surface area (Å²) in [7, 11) is 1.59. The van der Waals surface area contributed by atoms with Gasteiger partial charge in [0.1, 0.15) is 28.2 Å². The topological polar surface area (TPSA) is 141 Å². The number of rotatable bonds is 6. The van der Waals surface area contributed by atoms with Gasteiger partial charge in [0.2, 0.25) is 5.82 Å². The van der Waals surface area contributed by atoms with Crippen molar-refractivity contribution in [1.82, 2.24) is 10.1 Å². The molecule has 9 nitrogen and oxygen atoms in total. The van der Waals surface area contributed by atoms with Crippen LogP contribution in [-0.4, -0.2) is 40.7 Å². The van der Waals surface area contributed by atoms with E-state index in [-0.39, 0.29) is 11.7 Å². The molecule has 0 radical (unpaired) electrons. The van der Waals surface area contributed by atoms with Crippen molar-refractivity contribution in [1.29, 1.82) is 0 Å². The first-order chi connectivity index (χ1) is 15.0. The fourth-order valence-electron chi connectivity index (χ4n) is 3.32. The minimum atomic E-state index is -1.36. The third-order valence-corrected chi connectivity index (χ3v) is 5.19. The zero-order valence-electron chi connectivity index (χ0n) is 16.5. The van der Waals surface area contributed by atoms with Crippen LogP contribution in [0.25, 0.3) is 45.0 Å². The molecule has 2 aromatic carbocycles. The lowest BCUT2D eigenvalue weighted by Crippen LogP contribution is -2.43. The molecule has 31 heavy (non-hydrogen) atoms. The van der Waals surface area contributed by atoms with Gasteiger partial charge < -0.3 is 34.0 Å². The number of aliphatic hydroxyl groups is 2. The van der Waals surface area contributed by atoms with E-state index < -0.39 is 18.8 Å². The third kappa shape index (κ3) is 3.25. The van der Waals surface area contributed by atoms with Gasteiger partial charge >= 0.3 is 0 Å². The average Bonchev–Trinajstić information content (AvgIpc) is 3.54. The molecule has 0 bridgehead atoms. The van der Waals surface area contributed by atoms with Crippen molar-refractivity contribution in [3.63, 3.8) is 0 Å². The van der Waals surface area contributed by atoms with Gasteiger partial charge in [-0.2, -0.15) is 4.98 Å². The van der Waals surface area contributed by atoms with Gasteiger partial charge in [-0.05, 0) is 42.5 Å². The number of aromatic nitrogens is 2. The van der Waals surface area contributed by atoms with E-state index in [4.69, 9.17) is 23.8 Å². The van der Waals surface area contributed by atoms with E-state index in [1.165, 1.54) is 0 Å². The molecule has 4 N–H and O–H groups in total. The summed E-state index contributed by atoms with van der Waals surface area (Å²) in [6, 6.07) is 14.4. The first-order valence-electron chi connectivity index (χ1n) is 9.50. The largest absolute Gasteiger partial charge is 0.497 e. The second kappa shape index (κ2) is 7.24. The van der Waals surface area contributed by atoms with Crippen LogP contribution in [0.15, 0.2) is 61.9 Å². The Morgan fingerprint density at radius 2 is 1.81 bits per heavy atom. The van der Waals surface area contributed by atoms with Gasteiger partial charge in [-0.1, -0.05) is 5.16 Å². The summed E-state index contributed by atoms with van der Waals surface area (Å²) in [5.41, 5.74) is 6.55. The van der Waals surface area contributed by atoms with Crippen LogP contribution < -0.4 is 10.5 Å². The number of nitrogens with zero attached hydrogens (tertiary/aromatic N) is 2. The van der Waals surface area contributed by atoms with Crippen molar-refractivity contribution in [3.8, 4) is 28.8 Å². The van der Waals surface area contributed by atoms with Crippen molar-refractivity contribution in [2.45, 2.75) is 5.54 Å². The Morgan fingerprint density at radius 3 is 2.58 bits per heavy atom. The van der Waals surface area contributed by atoms with Crippen LogP contribution in [0.1, 0.15) is 5.76 Å². The minimum absolute atomic E-state index is 0.250. The lowest BCUT2D eigenvalue weighted by atomic mass is 10.00. The standard InChI is InChI=1S/C22H19N3O6/c1-28-15-4-2-12-7-18(29-17(12)9-15)21-24-20(25-31-21)13-3-5-16-14(6-13)8-19(30-16)22(23,10-26)11-27/h2-9,26-27H,10-11,23H2,1H3. The Bertz CT molecular complexity index is 1380. The Morgan fingerprint density at radius 1 is 0.968 bits per heavy atom. The second-order valence-electron chi connectivity index (χ2n) is 7.27. The van der Waals surface area contributed by atoms with Gasteiger partial charge in [0, 0.05) is 22.4 Å². The molecule has 5 aromatic rings. The molecule has 3 aromatic heterocycles. The minimum Gasteiger partial charge on any atom is -0.497 e. The molecule has 3 heterocycles. The van der Waals surface area contributed by atoms with E-state index in [1.54, 1.807) is 31.4 Å². The first-order valence-corrected chi connectivity index (χ1v) is 9.50. The van der Waals surface area contributed by atoms with E-state index in [9.17, 15) is 10.2 Å². The van der Waals surface area contributed by atoms with Crippen molar-refractivity contribution in [3.05, 3.63) is 54.3 Å². The van der Waals surface area contributed by atoms with Crippen molar-refractivity contribution in [2.75, 3.05) is 20.3 Å². The lowest BCUT2D eigenvalue weighted by Gasteiger charge is -2.21. The average molecular weight is 421 g/mol. The number of fused-ring (bicyclic) bond motifs is 2. The fraction of sp³-hybridized carbons (Fsp3) is 0.182.